The molecule has 0 saturated heterocycles. The fraction of sp³-hybridized carbons (Fsp3) is 0.400. The smallest absolute Gasteiger partial charge is 0.191 e. The third-order valence-electron chi connectivity index (χ3n) is 2.32. The Kier molecular flexibility index (Phi) is 3.75. The Balaban J connectivity index is 3.55. The third kappa shape index (κ3) is 2.55. The maximum absolute atomic E-state index is 13.0. The summed E-state index contributed by atoms with van der Waals surface area (Å²) in [4.78, 5) is 0. The van der Waals surface area contributed by atoms with Crippen molar-refractivity contribution in [1.82, 2.24) is 0 Å². The van der Waals surface area contributed by atoms with Gasteiger partial charge < -0.3 is 0 Å². The minimum atomic E-state index is -6.30. The van der Waals surface area contributed by atoms with Gasteiger partial charge in [0, 0.05) is 11.1 Å². The van der Waals surface area contributed by atoms with Gasteiger partial charge in [-0.15, -0.1) is 0 Å². The van der Waals surface area contributed by atoms with Gasteiger partial charge in [-0.2, -0.15) is 43.9 Å². The maximum atomic E-state index is 13.0. The van der Waals surface area contributed by atoms with Gasteiger partial charge in [-0.1, -0.05) is 24.3 Å². The molecule has 0 heterocycles. The number of benzene rings is 1. The van der Waals surface area contributed by atoms with Gasteiger partial charge >= 0.3 is 24.2 Å². The van der Waals surface area contributed by atoms with E-state index in [0.29, 0.717) is 12.1 Å². The Morgan fingerprint density at radius 2 is 0.750 bits per heavy atom. The fourth-order valence-electron chi connectivity index (χ4n) is 1.34. The summed E-state index contributed by atoms with van der Waals surface area (Å²) in [5.41, 5.74) is -4.87. The van der Waals surface area contributed by atoms with Crippen molar-refractivity contribution in [2.75, 3.05) is 0 Å². The Morgan fingerprint density at radius 1 is 0.500 bits per heavy atom. The van der Waals surface area contributed by atoms with Gasteiger partial charge in [-0.3, -0.25) is 0 Å². The lowest BCUT2D eigenvalue weighted by Crippen LogP contribution is -2.40. The highest BCUT2D eigenvalue weighted by Gasteiger charge is 2.65. The molecule has 0 saturated carbocycles. The van der Waals surface area contributed by atoms with E-state index < -0.39 is 35.3 Å². The van der Waals surface area contributed by atoms with Crippen molar-refractivity contribution in [2.45, 2.75) is 24.2 Å². The SMILES string of the molecule is FC(F)(F)C(F)(F)c1ccccc1C(F)(F)C(F)(F)F. The molecule has 1 aromatic rings. The average molecular weight is 314 g/mol. The van der Waals surface area contributed by atoms with E-state index in [0.717, 1.165) is 0 Å². The van der Waals surface area contributed by atoms with E-state index >= 15 is 0 Å². The molecule has 1 aromatic carbocycles. The van der Waals surface area contributed by atoms with Gasteiger partial charge in [0.15, 0.2) is 0 Å². The minimum absolute atomic E-state index is 0.123. The van der Waals surface area contributed by atoms with Crippen LogP contribution in [0.1, 0.15) is 11.1 Å². The molecule has 1 rings (SSSR count). The number of rotatable bonds is 2. The molecule has 0 amide bonds. The zero-order valence-electron chi connectivity index (χ0n) is 9.09. The van der Waals surface area contributed by atoms with Crippen LogP contribution in [0.2, 0.25) is 0 Å². The van der Waals surface area contributed by atoms with Gasteiger partial charge in [-0.05, 0) is 0 Å². The van der Waals surface area contributed by atoms with E-state index in [-0.39, 0.29) is 12.1 Å². The molecule has 0 atom stereocenters. The van der Waals surface area contributed by atoms with Gasteiger partial charge in [-0.25, -0.2) is 0 Å². The highest BCUT2D eigenvalue weighted by atomic mass is 19.4. The van der Waals surface area contributed by atoms with E-state index in [2.05, 4.69) is 0 Å². The van der Waals surface area contributed by atoms with Crippen LogP contribution < -0.4 is 0 Å². The summed E-state index contributed by atoms with van der Waals surface area (Å²) in [6, 6.07) is 0.765. The van der Waals surface area contributed by atoms with E-state index in [1.165, 1.54) is 0 Å². The number of hydrogen-bond acceptors (Lipinski definition) is 0. The Hall–Kier alpha value is -1.48. The number of alkyl halides is 10. The largest absolute Gasteiger partial charge is 0.458 e. The molecule has 0 bridgehead atoms. The molecule has 0 N–H and O–H groups in total. The second-order valence-electron chi connectivity index (χ2n) is 3.69. The summed E-state index contributed by atoms with van der Waals surface area (Å²) >= 11 is 0. The molecule has 0 radical (unpaired) electrons. The van der Waals surface area contributed by atoms with Gasteiger partial charge in [0.2, 0.25) is 0 Å². The summed E-state index contributed by atoms with van der Waals surface area (Å²) in [5.74, 6) is -11.7. The van der Waals surface area contributed by atoms with Gasteiger partial charge in [0.25, 0.3) is 0 Å². The van der Waals surface area contributed by atoms with Crippen LogP contribution >= 0.6 is 0 Å². The van der Waals surface area contributed by atoms with Crippen molar-refractivity contribution >= 4 is 0 Å². The van der Waals surface area contributed by atoms with Crippen LogP contribution in [0, 0.1) is 0 Å². The topological polar surface area (TPSA) is 0 Å². The second-order valence-corrected chi connectivity index (χ2v) is 3.69. The maximum Gasteiger partial charge on any atom is 0.458 e. The molecule has 114 valence electrons. The quantitative estimate of drug-likeness (QED) is 0.674. The molecular formula is C10H4F10. The van der Waals surface area contributed by atoms with Crippen molar-refractivity contribution in [3.8, 4) is 0 Å². The summed E-state index contributed by atoms with van der Waals surface area (Å²) in [7, 11) is 0. The van der Waals surface area contributed by atoms with Crippen LogP contribution in [-0.4, -0.2) is 12.4 Å². The zero-order valence-corrected chi connectivity index (χ0v) is 9.09. The molecule has 0 aliphatic carbocycles. The Bertz CT molecular complexity index is 437. The molecule has 0 fully saturated rings. The lowest BCUT2D eigenvalue weighted by molar-refractivity contribution is -0.301. The van der Waals surface area contributed by atoms with Crippen LogP contribution in [0.25, 0.3) is 0 Å². The molecule has 0 nitrogen and oxygen atoms in total. The normalized spacial score (nSPS) is 14.5. The highest BCUT2D eigenvalue weighted by Crippen LogP contribution is 2.51. The molecule has 0 aliphatic heterocycles. The molecule has 0 unspecified atom stereocenters. The minimum Gasteiger partial charge on any atom is -0.191 e. The van der Waals surface area contributed by atoms with Crippen LogP contribution in [-0.2, 0) is 11.8 Å². The lowest BCUT2D eigenvalue weighted by Gasteiger charge is -2.27. The number of hydrogen-bond donors (Lipinski definition) is 0. The summed E-state index contributed by atoms with van der Waals surface area (Å²) in [6.45, 7) is 0. The van der Waals surface area contributed by atoms with E-state index in [9.17, 15) is 43.9 Å². The van der Waals surface area contributed by atoms with Gasteiger partial charge in [0.05, 0.1) is 0 Å². The molecule has 20 heavy (non-hydrogen) atoms. The molecule has 10 heteroatoms. The van der Waals surface area contributed by atoms with E-state index in [1.54, 1.807) is 0 Å². The Morgan fingerprint density at radius 3 is 0.950 bits per heavy atom. The summed E-state index contributed by atoms with van der Waals surface area (Å²) in [6.07, 6.45) is -12.6. The van der Waals surface area contributed by atoms with Crippen LogP contribution in [0.15, 0.2) is 24.3 Å². The molecule has 0 spiro atoms. The first-order chi connectivity index (χ1) is 8.73. The van der Waals surface area contributed by atoms with Crippen molar-refractivity contribution in [3.05, 3.63) is 35.4 Å². The van der Waals surface area contributed by atoms with Crippen molar-refractivity contribution in [3.63, 3.8) is 0 Å². The standard InChI is InChI=1S/C10H4F10/c11-7(12,9(15,16)17)5-3-1-2-4-6(5)8(13,14)10(18,19)20/h1-4H. The zero-order chi connectivity index (χ0) is 16.0. The molecular weight excluding hydrogens is 310 g/mol. The highest BCUT2D eigenvalue weighted by molar-refractivity contribution is 5.36. The van der Waals surface area contributed by atoms with Crippen molar-refractivity contribution in [1.29, 1.82) is 0 Å². The molecule has 0 aromatic heterocycles. The monoisotopic (exact) mass is 314 g/mol. The number of halogens is 10. The first kappa shape index (κ1) is 16.6. The average Bonchev–Trinajstić information content (AvgIpc) is 2.26. The fourth-order valence-corrected chi connectivity index (χ4v) is 1.34. The predicted molar refractivity (Wildman–Crippen MR) is 46.3 cm³/mol. The van der Waals surface area contributed by atoms with Gasteiger partial charge in [0.1, 0.15) is 0 Å². The van der Waals surface area contributed by atoms with Crippen LogP contribution in [0.4, 0.5) is 43.9 Å². The summed E-state index contributed by atoms with van der Waals surface area (Å²) in [5, 5.41) is 0. The Labute approximate surface area is 105 Å². The molecule has 0 aliphatic rings. The second kappa shape index (κ2) is 4.52. The summed E-state index contributed by atoms with van der Waals surface area (Å²) < 4.78 is 125. The first-order valence-corrected chi connectivity index (χ1v) is 4.72. The predicted octanol–water partition coefficient (Wildman–Crippen LogP) is 4.99. The first-order valence-electron chi connectivity index (χ1n) is 4.72. The lowest BCUT2D eigenvalue weighted by atomic mass is 9.96. The van der Waals surface area contributed by atoms with Crippen LogP contribution in [0.5, 0.6) is 0 Å². The van der Waals surface area contributed by atoms with Crippen molar-refractivity contribution < 1.29 is 43.9 Å². The van der Waals surface area contributed by atoms with Crippen molar-refractivity contribution in [2.24, 2.45) is 0 Å². The van der Waals surface area contributed by atoms with Crippen LogP contribution in [0.3, 0.4) is 0 Å². The van der Waals surface area contributed by atoms with E-state index in [4.69, 9.17) is 0 Å². The van der Waals surface area contributed by atoms with E-state index in [1.807, 2.05) is 0 Å². The third-order valence-corrected chi connectivity index (χ3v) is 2.32.